The van der Waals surface area contributed by atoms with Gasteiger partial charge in [0, 0.05) is 43.1 Å². The van der Waals surface area contributed by atoms with E-state index in [0.717, 1.165) is 30.0 Å². The molecule has 0 bridgehead atoms. The van der Waals surface area contributed by atoms with Crippen molar-refractivity contribution >= 4 is 23.2 Å². The summed E-state index contributed by atoms with van der Waals surface area (Å²) in [5.74, 6) is -0.0678. The van der Waals surface area contributed by atoms with Gasteiger partial charge in [0.25, 0.3) is 0 Å². The summed E-state index contributed by atoms with van der Waals surface area (Å²) in [5.41, 5.74) is 3.40. The number of para-hydroxylation sites is 1. The van der Waals surface area contributed by atoms with E-state index in [9.17, 15) is 14.4 Å². The summed E-state index contributed by atoms with van der Waals surface area (Å²) in [7, 11) is 0. The van der Waals surface area contributed by atoms with E-state index in [1.54, 1.807) is 0 Å². The fourth-order valence-electron chi connectivity index (χ4n) is 4.13. The lowest BCUT2D eigenvalue weighted by molar-refractivity contribution is -0.117. The molecular weight excluding hydrogens is 380 g/mol. The molecular formula is C23H30N4O3. The fourth-order valence-corrected chi connectivity index (χ4v) is 4.13. The van der Waals surface area contributed by atoms with Crippen molar-refractivity contribution in [3.63, 3.8) is 0 Å². The molecule has 0 saturated carbocycles. The van der Waals surface area contributed by atoms with Crippen molar-refractivity contribution in [2.75, 3.05) is 38.0 Å². The van der Waals surface area contributed by atoms with Gasteiger partial charge in [-0.25, -0.2) is 0 Å². The quantitative estimate of drug-likeness (QED) is 0.686. The minimum absolute atomic E-state index is 0.00151. The predicted molar refractivity (Wildman–Crippen MR) is 117 cm³/mol. The van der Waals surface area contributed by atoms with E-state index < -0.39 is 0 Å². The first-order valence-corrected chi connectivity index (χ1v) is 10.3. The number of nitrogens with one attached hydrogen (secondary N) is 2. The number of anilines is 1. The van der Waals surface area contributed by atoms with Crippen molar-refractivity contribution in [2.24, 2.45) is 0 Å². The molecule has 2 aromatic rings. The monoisotopic (exact) mass is 410 g/mol. The van der Waals surface area contributed by atoms with Crippen LogP contribution in [0.25, 0.3) is 0 Å². The van der Waals surface area contributed by atoms with Crippen molar-refractivity contribution < 1.29 is 14.4 Å². The van der Waals surface area contributed by atoms with Gasteiger partial charge in [0.2, 0.25) is 5.91 Å². The molecule has 1 fully saturated rings. The zero-order chi connectivity index (χ0) is 21.8. The second-order valence-corrected chi connectivity index (χ2v) is 7.95. The number of benzene rings is 1. The van der Waals surface area contributed by atoms with Crippen LogP contribution in [0.3, 0.4) is 0 Å². The van der Waals surface area contributed by atoms with Gasteiger partial charge in [0.15, 0.2) is 11.6 Å². The molecule has 7 heteroatoms. The Morgan fingerprint density at radius 2 is 1.70 bits per heavy atom. The predicted octanol–water partition coefficient (Wildman–Crippen LogP) is 2.66. The van der Waals surface area contributed by atoms with Crippen LogP contribution in [0.1, 0.15) is 46.0 Å². The third-order valence-corrected chi connectivity index (χ3v) is 5.79. The molecule has 0 aliphatic carbocycles. The molecule has 1 aliphatic heterocycles. The van der Waals surface area contributed by atoms with Gasteiger partial charge in [-0.2, -0.15) is 0 Å². The molecule has 160 valence electrons. The Balaban J connectivity index is 1.54. The first-order chi connectivity index (χ1) is 14.3. The SMILES string of the molecule is CC(=O)c1c(C)[nH]c(C(=O)C(C)N2CCN(CC(=O)Nc3ccccc3)CC2)c1C. The minimum Gasteiger partial charge on any atom is -0.355 e. The Labute approximate surface area is 177 Å². The lowest BCUT2D eigenvalue weighted by Crippen LogP contribution is -2.53. The zero-order valence-corrected chi connectivity index (χ0v) is 18.1. The number of Topliss-reactive ketones (excluding diaryl/α,β-unsaturated/α-hetero) is 2. The molecule has 3 rings (SSSR count). The van der Waals surface area contributed by atoms with E-state index in [4.69, 9.17) is 0 Å². The maximum atomic E-state index is 13.1. The summed E-state index contributed by atoms with van der Waals surface area (Å²) >= 11 is 0. The van der Waals surface area contributed by atoms with Crippen LogP contribution in [0.5, 0.6) is 0 Å². The summed E-state index contributed by atoms with van der Waals surface area (Å²) < 4.78 is 0. The number of carbonyl (C=O) groups is 3. The smallest absolute Gasteiger partial charge is 0.238 e. The topological polar surface area (TPSA) is 85.5 Å². The maximum absolute atomic E-state index is 13.1. The highest BCUT2D eigenvalue weighted by atomic mass is 16.2. The van der Waals surface area contributed by atoms with Crippen LogP contribution in [-0.4, -0.2) is 71.0 Å². The van der Waals surface area contributed by atoms with E-state index in [-0.39, 0.29) is 23.5 Å². The molecule has 7 nitrogen and oxygen atoms in total. The number of aromatic amines is 1. The summed E-state index contributed by atoms with van der Waals surface area (Å²) in [5, 5.41) is 2.91. The molecule has 1 atom stereocenters. The maximum Gasteiger partial charge on any atom is 0.238 e. The lowest BCUT2D eigenvalue weighted by Gasteiger charge is -2.37. The molecule has 1 saturated heterocycles. The first kappa shape index (κ1) is 21.9. The Kier molecular flexibility index (Phi) is 6.84. The molecule has 2 heterocycles. The van der Waals surface area contributed by atoms with Crippen molar-refractivity contribution in [3.05, 3.63) is 52.8 Å². The molecule has 1 aromatic carbocycles. The largest absolute Gasteiger partial charge is 0.355 e. The van der Waals surface area contributed by atoms with E-state index in [1.807, 2.05) is 51.1 Å². The van der Waals surface area contributed by atoms with Gasteiger partial charge in [-0.3, -0.25) is 24.2 Å². The summed E-state index contributed by atoms with van der Waals surface area (Å²) in [6.45, 7) is 10.3. The van der Waals surface area contributed by atoms with Crippen molar-refractivity contribution in [3.8, 4) is 0 Å². The summed E-state index contributed by atoms with van der Waals surface area (Å²) in [6.07, 6.45) is 0. The van der Waals surface area contributed by atoms with Gasteiger partial charge >= 0.3 is 0 Å². The van der Waals surface area contributed by atoms with Crippen LogP contribution < -0.4 is 5.32 Å². The van der Waals surface area contributed by atoms with Gasteiger partial charge in [0.1, 0.15) is 0 Å². The van der Waals surface area contributed by atoms with Crippen molar-refractivity contribution in [2.45, 2.75) is 33.7 Å². The number of nitrogens with zero attached hydrogens (tertiary/aromatic N) is 2. The first-order valence-electron chi connectivity index (χ1n) is 10.3. The van der Waals surface area contributed by atoms with Crippen LogP contribution in [0.15, 0.2) is 30.3 Å². The van der Waals surface area contributed by atoms with Crippen molar-refractivity contribution in [1.82, 2.24) is 14.8 Å². The number of amides is 1. The third kappa shape index (κ3) is 4.86. The number of hydrogen-bond acceptors (Lipinski definition) is 5. The normalized spacial score (nSPS) is 16.3. The van der Waals surface area contributed by atoms with Gasteiger partial charge in [-0.15, -0.1) is 0 Å². The number of aryl methyl sites for hydroxylation is 1. The van der Waals surface area contributed by atoms with Crippen LogP contribution in [0.2, 0.25) is 0 Å². The number of H-pyrrole nitrogens is 1. The van der Waals surface area contributed by atoms with Crippen LogP contribution in [0, 0.1) is 13.8 Å². The number of ketones is 2. The molecule has 1 unspecified atom stereocenters. The molecule has 30 heavy (non-hydrogen) atoms. The Bertz CT molecular complexity index is 927. The number of hydrogen-bond donors (Lipinski definition) is 2. The highest BCUT2D eigenvalue weighted by Crippen LogP contribution is 2.21. The molecule has 0 radical (unpaired) electrons. The number of piperazine rings is 1. The van der Waals surface area contributed by atoms with Gasteiger partial charge in [-0.1, -0.05) is 18.2 Å². The fraction of sp³-hybridized carbons (Fsp3) is 0.435. The average molecular weight is 411 g/mol. The van der Waals surface area contributed by atoms with Crippen LogP contribution >= 0.6 is 0 Å². The number of aromatic nitrogens is 1. The van der Waals surface area contributed by atoms with Gasteiger partial charge in [-0.05, 0) is 45.4 Å². The molecule has 0 spiro atoms. The number of carbonyl (C=O) groups excluding carboxylic acids is 3. The van der Waals surface area contributed by atoms with E-state index in [2.05, 4.69) is 20.1 Å². The highest BCUT2D eigenvalue weighted by molar-refractivity contribution is 6.05. The van der Waals surface area contributed by atoms with Gasteiger partial charge < -0.3 is 10.3 Å². The van der Waals surface area contributed by atoms with Crippen molar-refractivity contribution in [1.29, 1.82) is 0 Å². The van der Waals surface area contributed by atoms with Crippen LogP contribution in [0.4, 0.5) is 5.69 Å². The van der Waals surface area contributed by atoms with E-state index >= 15 is 0 Å². The second kappa shape index (κ2) is 9.36. The van der Waals surface area contributed by atoms with E-state index in [0.29, 0.717) is 30.9 Å². The third-order valence-electron chi connectivity index (χ3n) is 5.79. The zero-order valence-electron chi connectivity index (χ0n) is 18.1. The molecule has 1 aliphatic rings. The standard InChI is InChI=1S/C23H30N4O3/c1-15-21(18(4)28)16(2)24-22(15)23(30)17(3)27-12-10-26(11-13-27)14-20(29)25-19-8-6-5-7-9-19/h5-9,17,24H,10-14H2,1-4H3,(H,25,29). The average Bonchev–Trinajstić information content (AvgIpc) is 3.02. The second-order valence-electron chi connectivity index (χ2n) is 7.95. The molecule has 1 amide bonds. The van der Waals surface area contributed by atoms with Gasteiger partial charge in [0.05, 0.1) is 18.3 Å². The molecule has 2 N–H and O–H groups in total. The highest BCUT2D eigenvalue weighted by Gasteiger charge is 2.29. The summed E-state index contributed by atoms with van der Waals surface area (Å²) in [4.78, 5) is 44.5. The Hall–Kier alpha value is -2.77. The summed E-state index contributed by atoms with van der Waals surface area (Å²) in [6, 6.07) is 9.13. The minimum atomic E-state index is -0.290. The Morgan fingerprint density at radius 1 is 1.07 bits per heavy atom. The molecule has 1 aromatic heterocycles. The van der Waals surface area contributed by atoms with Crippen LogP contribution in [-0.2, 0) is 4.79 Å². The van der Waals surface area contributed by atoms with E-state index in [1.165, 1.54) is 6.92 Å². The lowest BCUT2D eigenvalue weighted by atomic mass is 10.0. The number of rotatable bonds is 7. The Morgan fingerprint density at radius 3 is 2.27 bits per heavy atom.